The zero-order chi connectivity index (χ0) is 13.2. The van der Waals surface area contributed by atoms with Crippen LogP contribution in [0.3, 0.4) is 0 Å². The molecule has 3 rings (SSSR count). The molecule has 4 nitrogen and oxygen atoms in total. The highest BCUT2D eigenvalue weighted by Crippen LogP contribution is 2.29. The largest absolute Gasteiger partial charge is 0.371 e. The fourth-order valence-electron chi connectivity index (χ4n) is 3.06. The Bertz CT molecular complexity index is 437. The summed E-state index contributed by atoms with van der Waals surface area (Å²) in [5, 5.41) is 3.38. The number of morpholine rings is 1. The van der Waals surface area contributed by atoms with E-state index in [1.807, 2.05) is 0 Å². The zero-order valence-corrected chi connectivity index (χ0v) is 11.9. The molecular formula is C15H23N3O. The monoisotopic (exact) mass is 261 g/mol. The second-order valence-electron chi connectivity index (χ2n) is 5.62. The van der Waals surface area contributed by atoms with Gasteiger partial charge in [-0.25, -0.2) is 4.98 Å². The van der Waals surface area contributed by atoms with Crippen LogP contribution < -0.4 is 10.2 Å². The first-order valence-electron chi connectivity index (χ1n) is 7.33. The maximum Gasteiger partial charge on any atom is 0.129 e. The Hall–Kier alpha value is -1.13. The Kier molecular flexibility index (Phi) is 3.71. The van der Waals surface area contributed by atoms with E-state index in [0.717, 1.165) is 37.7 Å². The van der Waals surface area contributed by atoms with Crippen molar-refractivity contribution in [1.29, 1.82) is 0 Å². The van der Waals surface area contributed by atoms with Crippen molar-refractivity contribution in [3.8, 4) is 0 Å². The lowest BCUT2D eigenvalue weighted by Gasteiger charge is -2.33. The van der Waals surface area contributed by atoms with Gasteiger partial charge in [-0.2, -0.15) is 0 Å². The van der Waals surface area contributed by atoms with Crippen LogP contribution in [0.1, 0.15) is 31.0 Å². The Morgan fingerprint density at radius 2 is 2.05 bits per heavy atom. The highest BCUT2D eigenvalue weighted by Gasteiger charge is 2.34. The molecule has 2 unspecified atom stereocenters. The van der Waals surface area contributed by atoms with E-state index in [-0.39, 0.29) is 0 Å². The maximum absolute atomic E-state index is 5.89. The molecule has 0 spiro atoms. The third-order valence-electron chi connectivity index (χ3n) is 3.95. The molecule has 0 saturated carbocycles. The van der Waals surface area contributed by atoms with Crippen molar-refractivity contribution >= 4 is 5.82 Å². The summed E-state index contributed by atoms with van der Waals surface area (Å²) < 4.78 is 5.89. The smallest absolute Gasteiger partial charge is 0.129 e. The summed E-state index contributed by atoms with van der Waals surface area (Å²) in [7, 11) is 0. The zero-order valence-electron chi connectivity index (χ0n) is 11.9. The number of nitrogens with zero attached hydrogens (tertiary/aromatic N) is 2. The highest BCUT2D eigenvalue weighted by molar-refractivity contribution is 5.43. The van der Waals surface area contributed by atoms with Gasteiger partial charge < -0.3 is 15.0 Å². The number of aryl methyl sites for hydroxylation is 1. The van der Waals surface area contributed by atoms with Gasteiger partial charge in [0, 0.05) is 25.3 Å². The van der Waals surface area contributed by atoms with E-state index < -0.39 is 0 Å². The molecule has 2 atom stereocenters. The lowest BCUT2D eigenvalue weighted by molar-refractivity contribution is 0.0302. The Morgan fingerprint density at radius 1 is 1.32 bits per heavy atom. The minimum Gasteiger partial charge on any atom is -0.371 e. The lowest BCUT2D eigenvalue weighted by atomic mass is 10.2. The van der Waals surface area contributed by atoms with Crippen molar-refractivity contribution in [3.63, 3.8) is 0 Å². The SMILES string of the molecule is CCNCc1cc(C)nc(N2CC3CCC(C2)O3)c1. The van der Waals surface area contributed by atoms with Crippen LogP contribution in [0.4, 0.5) is 5.82 Å². The van der Waals surface area contributed by atoms with Gasteiger partial charge in [0.25, 0.3) is 0 Å². The summed E-state index contributed by atoms with van der Waals surface area (Å²) in [6.45, 7) is 8.12. The van der Waals surface area contributed by atoms with Crippen molar-refractivity contribution in [2.45, 2.75) is 45.4 Å². The number of ether oxygens (including phenoxy) is 1. The van der Waals surface area contributed by atoms with Crippen molar-refractivity contribution in [1.82, 2.24) is 10.3 Å². The minimum absolute atomic E-state index is 0.415. The molecule has 2 aliphatic heterocycles. The lowest BCUT2D eigenvalue weighted by Crippen LogP contribution is -2.43. The standard InChI is InChI=1S/C15H23N3O/c1-3-16-8-12-6-11(2)17-15(7-12)18-9-13-4-5-14(10-18)19-13/h6-7,13-14,16H,3-5,8-10H2,1-2H3. The van der Waals surface area contributed by atoms with Gasteiger partial charge >= 0.3 is 0 Å². The van der Waals surface area contributed by atoms with Crippen molar-refractivity contribution in [3.05, 3.63) is 23.4 Å². The first-order valence-corrected chi connectivity index (χ1v) is 7.33. The van der Waals surface area contributed by atoms with Gasteiger partial charge in [-0.1, -0.05) is 6.92 Å². The average Bonchev–Trinajstić information content (AvgIpc) is 2.74. The fraction of sp³-hybridized carbons (Fsp3) is 0.667. The topological polar surface area (TPSA) is 37.4 Å². The molecule has 4 heteroatoms. The van der Waals surface area contributed by atoms with E-state index in [9.17, 15) is 0 Å². The Morgan fingerprint density at radius 3 is 2.74 bits per heavy atom. The maximum atomic E-state index is 5.89. The summed E-state index contributed by atoms with van der Waals surface area (Å²) in [6, 6.07) is 4.39. The van der Waals surface area contributed by atoms with Gasteiger partial charge in [-0.3, -0.25) is 0 Å². The van der Waals surface area contributed by atoms with Crippen LogP contribution in [0.2, 0.25) is 0 Å². The third kappa shape index (κ3) is 2.90. The molecule has 0 aliphatic carbocycles. The molecular weight excluding hydrogens is 238 g/mol. The molecule has 0 amide bonds. The van der Waals surface area contributed by atoms with Gasteiger partial charge in [0.15, 0.2) is 0 Å². The molecule has 0 radical (unpaired) electrons. The van der Waals surface area contributed by atoms with Gasteiger partial charge in [0.2, 0.25) is 0 Å². The quantitative estimate of drug-likeness (QED) is 0.898. The number of hydrogen-bond donors (Lipinski definition) is 1. The van der Waals surface area contributed by atoms with Gasteiger partial charge in [0.1, 0.15) is 5.82 Å². The van der Waals surface area contributed by atoms with Crippen LogP contribution in [0.15, 0.2) is 12.1 Å². The van der Waals surface area contributed by atoms with Crippen LogP contribution in [0, 0.1) is 6.92 Å². The summed E-state index contributed by atoms with van der Waals surface area (Å²) in [5.41, 5.74) is 2.42. The fourth-order valence-corrected chi connectivity index (χ4v) is 3.06. The van der Waals surface area contributed by atoms with Gasteiger partial charge in [-0.15, -0.1) is 0 Å². The van der Waals surface area contributed by atoms with E-state index in [0.29, 0.717) is 12.2 Å². The van der Waals surface area contributed by atoms with Crippen LogP contribution in [0.25, 0.3) is 0 Å². The second-order valence-corrected chi connectivity index (χ2v) is 5.62. The number of nitrogens with one attached hydrogen (secondary N) is 1. The molecule has 2 bridgehead atoms. The number of pyridine rings is 1. The molecule has 3 heterocycles. The van der Waals surface area contributed by atoms with Crippen molar-refractivity contribution in [2.24, 2.45) is 0 Å². The van der Waals surface area contributed by atoms with Gasteiger partial charge in [-0.05, 0) is 44.0 Å². The molecule has 1 aromatic heterocycles. The van der Waals surface area contributed by atoms with Gasteiger partial charge in [0.05, 0.1) is 12.2 Å². The molecule has 104 valence electrons. The third-order valence-corrected chi connectivity index (χ3v) is 3.95. The van der Waals surface area contributed by atoms with Crippen LogP contribution in [-0.2, 0) is 11.3 Å². The molecule has 1 N–H and O–H groups in total. The Labute approximate surface area is 115 Å². The molecule has 2 saturated heterocycles. The normalized spacial score (nSPS) is 25.9. The molecule has 2 aliphatic rings. The molecule has 1 aromatic rings. The van der Waals surface area contributed by atoms with Crippen molar-refractivity contribution in [2.75, 3.05) is 24.5 Å². The Balaban J connectivity index is 1.77. The van der Waals surface area contributed by atoms with Crippen molar-refractivity contribution < 1.29 is 4.74 Å². The predicted molar refractivity (Wildman–Crippen MR) is 76.5 cm³/mol. The van der Waals surface area contributed by atoms with E-state index >= 15 is 0 Å². The van der Waals surface area contributed by atoms with Crippen LogP contribution in [-0.4, -0.2) is 36.8 Å². The van der Waals surface area contributed by atoms with E-state index in [1.54, 1.807) is 0 Å². The first kappa shape index (κ1) is 12.9. The second kappa shape index (κ2) is 5.47. The number of aromatic nitrogens is 1. The minimum atomic E-state index is 0.415. The van der Waals surface area contributed by atoms with E-state index in [4.69, 9.17) is 9.72 Å². The molecule has 2 fully saturated rings. The summed E-state index contributed by atoms with van der Waals surface area (Å²) in [5.74, 6) is 1.12. The number of anilines is 1. The van der Waals surface area contributed by atoms with E-state index in [2.05, 4.69) is 36.2 Å². The summed E-state index contributed by atoms with van der Waals surface area (Å²) in [4.78, 5) is 7.10. The van der Waals surface area contributed by atoms with E-state index in [1.165, 1.54) is 18.4 Å². The number of rotatable bonds is 4. The molecule has 19 heavy (non-hydrogen) atoms. The number of fused-ring (bicyclic) bond motifs is 2. The number of hydrogen-bond acceptors (Lipinski definition) is 4. The predicted octanol–water partition coefficient (Wildman–Crippen LogP) is 1.87. The molecule has 0 aromatic carbocycles. The first-order chi connectivity index (χ1) is 9.24. The van der Waals surface area contributed by atoms with Crippen LogP contribution >= 0.6 is 0 Å². The highest BCUT2D eigenvalue weighted by atomic mass is 16.5. The van der Waals surface area contributed by atoms with Crippen LogP contribution in [0.5, 0.6) is 0 Å². The summed E-state index contributed by atoms with van der Waals surface area (Å²) in [6.07, 6.45) is 3.24. The average molecular weight is 261 g/mol. The summed E-state index contributed by atoms with van der Waals surface area (Å²) >= 11 is 0.